The van der Waals surface area contributed by atoms with Crippen LogP contribution in [0.3, 0.4) is 0 Å². The van der Waals surface area contributed by atoms with Crippen molar-refractivity contribution >= 4 is 5.91 Å². The van der Waals surface area contributed by atoms with Crippen molar-refractivity contribution < 1.29 is 18.7 Å². The highest BCUT2D eigenvalue weighted by atomic mass is 19.1. The summed E-state index contributed by atoms with van der Waals surface area (Å²) in [6, 6.07) is 11.3. The van der Waals surface area contributed by atoms with E-state index in [1.54, 1.807) is 42.3 Å². The molecule has 122 valence electrons. The van der Waals surface area contributed by atoms with Gasteiger partial charge in [-0.05, 0) is 42.8 Å². The van der Waals surface area contributed by atoms with Gasteiger partial charge in [-0.15, -0.1) is 0 Å². The van der Waals surface area contributed by atoms with Crippen LogP contribution in [-0.2, 0) is 6.54 Å². The number of halogens is 1. The molecule has 0 N–H and O–H groups in total. The van der Waals surface area contributed by atoms with E-state index in [0.29, 0.717) is 30.2 Å². The standard InChI is InChI=1S/C18H20FNO3/c1-4-20(12-13-6-5-7-15(19)10-13)18(21)14-8-9-16(22-2)17(11-14)23-3/h5-11H,4,12H2,1-3H3. The number of rotatable bonds is 6. The molecule has 1 amide bonds. The van der Waals surface area contributed by atoms with Gasteiger partial charge in [0.25, 0.3) is 5.91 Å². The number of carbonyl (C=O) groups is 1. The number of amides is 1. The van der Waals surface area contributed by atoms with Gasteiger partial charge in [-0.1, -0.05) is 12.1 Å². The van der Waals surface area contributed by atoms with Crippen LogP contribution in [0.2, 0.25) is 0 Å². The van der Waals surface area contributed by atoms with Crippen LogP contribution in [0.4, 0.5) is 4.39 Å². The molecule has 2 aromatic rings. The Morgan fingerprint density at radius 3 is 2.43 bits per heavy atom. The minimum atomic E-state index is -0.308. The summed E-state index contributed by atoms with van der Waals surface area (Å²) < 4.78 is 23.7. The first kappa shape index (κ1) is 16.8. The van der Waals surface area contributed by atoms with Gasteiger partial charge in [0.15, 0.2) is 11.5 Å². The topological polar surface area (TPSA) is 38.8 Å². The van der Waals surface area contributed by atoms with Crippen LogP contribution in [0.25, 0.3) is 0 Å². The van der Waals surface area contributed by atoms with Crippen LogP contribution in [0.5, 0.6) is 11.5 Å². The summed E-state index contributed by atoms with van der Waals surface area (Å²) in [4.78, 5) is 14.3. The van der Waals surface area contributed by atoms with Crippen LogP contribution in [0.15, 0.2) is 42.5 Å². The lowest BCUT2D eigenvalue weighted by Crippen LogP contribution is -2.30. The van der Waals surface area contributed by atoms with Crippen molar-refractivity contribution in [3.8, 4) is 11.5 Å². The van der Waals surface area contributed by atoms with Gasteiger partial charge < -0.3 is 14.4 Å². The van der Waals surface area contributed by atoms with E-state index in [9.17, 15) is 9.18 Å². The van der Waals surface area contributed by atoms with E-state index in [4.69, 9.17) is 9.47 Å². The Morgan fingerprint density at radius 1 is 1.09 bits per heavy atom. The summed E-state index contributed by atoms with van der Waals surface area (Å²) in [7, 11) is 3.07. The number of methoxy groups -OCH3 is 2. The number of hydrogen-bond acceptors (Lipinski definition) is 3. The molecule has 0 radical (unpaired) electrons. The fourth-order valence-corrected chi connectivity index (χ4v) is 2.33. The second-order valence-corrected chi connectivity index (χ2v) is 5.02. The molecule has 2 rings (SSSR count). The van der Waals surface area contributed by atoms with E-state index in [-0.39, 0.29) is 11.7 Å². The Balaban J connectivity index is 2.22. The number of carbonyl (C=O) groups excluding carboxylic acids is 1. The number of ether oxygens (including phenoxy) is 2. The fraction of sp³-hybridized carbons (Fsp3) is 0.278. The van der Waals surface area contributed by atoms with Crippen molar-refractivity contribution in [1.29, 1.82) is 0 Å². The maximum absolute atomic E-state index is 13.3. The van der Waals surface area contributed by atoms with Gasteiger partial charge in [0.2, 0.25) is 0 Å². The van der Waals surface area contributed by atoms with Crippen LogP contribution >= 0.6 is 0 Å². The Kier molecular flexibility index (Phi) is 5.57. The lowest BCUT2D eigenvalue weighted by molar-refractivity contribution is 0.0752. The third kappa shape index (κ3) is 4.00. The van der Waals surface area contributed by atoms with Crippen LogP contribution in [0.1, 0.15) is 22.8 Å². The van der Waals surface area contributed by atoms with Crippen LogP contribution < -0.4 is 9.47 Å². The number of hydrogen-bond donors (Lipinski definition) is 0. The largest absolute Gasteiger partial charge is 0.493 e. The lowest BCUT2D eigenvalue weighted by Gasteiger charge is -2.21. The molecule has 23 heavy (non-hydrogen) atoms. The van der Waals surface area contributed by atoms with E-state index in [2.05, 4.69) is 0 Å². The number of nitrogens with zero attached hydrogens (tertiary/aromatic N) is 1. The Bertz CT molecular complexity index is 688. The third-order valence-corrected chi connectivity index (χ3v) is 3.56. The zero-order valence-corrected chi connectivity index (χ0v) is 13.5. The summed E-state index contributed by atoms with van der Waals surface area (Å²) in [5.41, 5.74) is 1.25. The zero-order valence-electron chi connectivity index (χ0n) is 13.5. The van der Waals surface area contributed by atoms with Crippen molar-refractivity contribution in [3.63, 3.8) is 0 Å². The quantitative estimate of drug-likeness (QED) is 0.818. The summed E-state index contributed by atoms with van der Waals surface area (Å²) >= 11 is 0. The molecule has 0 saturated carbocycles. The van der Waals surface area contributed by atoms with Gasteiger partial charge in [-0.2, -0.15) is 0 Å². The molecule has 0 unspecified atom stereocenters. The first-order valence-corrected chi connectivity index (χ1v) is 7.34. The first-order valence-electron chi connectivity index (χ1n) is 7.34. The third-order valence-electron chi connectivity index (χ3n) is 3.56. The van der Waals surface area contributed by atoms with Crippen LogP contribution in [-0.4, -0.2) is 31.6 Å². The number of benzene rings is 2. The Hall–Kier alpha value is -2.56. The molecule has 2 aromatic carbocycles. The van der Waals surface area contributed by atoms with Gasteiger partial charge >= 0.3 is 0 Å². The minimum absolute atomic E-state index is 0.141. The Morgan fingerprint density at radius 2 is 1.83 bits per heavy atom. The summed E-state index contributed by atoms with van der Waals surface area (Å²) in [5.74, 6) is 0.618. The maximum Gasteiger partial charge on any atom is 0.254 e. The predicted molar refractivity (Wildman–Crippen MR) is 86.4 cm³/mol. The second kappa shape index (κ2) is 7.63. The zero-order chi connectivity index (χ0) is 16.8. The van der Waals surface area contributed by atoms with Gasteiger partial charge in [-0.3, -0.25) is 4.79 Å². The van der Waals surface area contributed by atoms with Gasteiger partial charge in [0.1, 0.15) is 5.82 Å². The van der Waals surface area contributed by atoms with Crippen molar-refractivity contribution in [2.75, 3.05) is 20.8 Å². The highest BCUT2D eigenvalue weighted by Gasteiger charge is 2.17. The molecule has 0 aliphatic heterocycles. The van der Waals surface area contributed by atoms with E-state index < -0.39 is 0 Å². The molecule has 0 heterocycles. The minimum Gasteiger partial charge on any atom is -0.493 e. The predicted octanol–water partition coefficient (Wildman–Crippen LogP) is 3.51. The molecule has 0 saturated heterocycles. The van der Waals surface area contributed by atoms with E-state index in [0.717, 1.165) is 5.56 Å². The summed E-state index contributed by atoms with van der Waals surface area (Å²) in [5, 5.41) is 0. The van der Waals surface area contributed by atoms with Crippen molar-refractivity contribution in [2.45, 2.75) is 13.5 Å². The SMILES string of the molecule is CCN(Cc1cccc(F)c1)C(=O)c1ccc(OC)c(OC)c1. The van der Waals surface area contributed by atoms with Gasteiger partial charge in [0, 0.05) is 18.7 Å². The molecule has 0 atom stereocenters. The highest BCUT2D eigenvalue weighted by Crippen LogP contribution is 2.28. The van der Waals surface area contributed by atoms with E-state index in [1.807, 2.05) is 6.92 Å². The maximum atomic E-state index is 13.3. The van der Waals surface area contributed by atoms with E-state index in [1.165, 1.54) is 19.2 Å². The molecule has 0 spiro atoms. The monoisotopic (exact) mass is 317 g/mol. The highest BCUT2D eigenvalue weighted by molar-refractivity contribution is 5.94. The van der Waals surface area contributed by atoms with Crippen molar-refractivity contribution in [1.82, 2.24) is 4.90 Å². The fourth-order valence-electron chi connectivity index (χ4n) is 2.33. The smallest absolute Gasteiger partial charge is 0.254 e. The molecule has 0 aliphatic carbocycles. The molecule has 0 aliphatic rings. The molecule has 0 aromatic heterocycles. The second-order valence-electron chi connectivity index (χ2n) is 5.02. The summed E-state index contributed by atoms with van der Waals surface area (Å²) in [6.45, 7) is 2.75. The molecule has 5 heteroatoms. The Labute approximate surface area is 135 Å². The molecular weight excluding hydrogens is 297 g/mol. The van der Waals surface area contributed by atoms with Gasteiger partial charge in [-0.25, -0.2) is 4.39 Å². The first-order chi connectivity index (χ1) is 11.1. The normalized spacial score (nSPS) is 10.3. The van der Waals surface area contributed by atoms with Crippen molar-refractivity contribution in [3.05, 3.63) is 59.4 Å². The van der Waals surface area contributed by atoms with Gasteiger partial charge in [0.05, 0.1) is 14.2 Å². The lowest BCUT2D eigenvalue weighted by atomic mass is 10.1. The van der Waals surface area contributed by atoms with Crippen LogP contribution in [0, 0.1) is 5.82 Å². The summed E-state index contributed by atoms with van der Waals surface area (Å²) in [6.07, 6.45) is 0. The average Bonchev–Trinajstić information content (AvgIpc) is 2.58. The van der Waals surface area contributed by atoms with E-state index >= 15 is 0 Å². The molecular formula is C18H20FNO3. The average molecular weight is 317 g/mol. The molecule has 4 nitrogen and oxygen atoms in total. The molecule has 0 fully saturated rings. The molecule has 0 bridgehead atoms. The van der Waals surface area contributed by atoms with Crippen molar-refractivity contribution in [2.24, 2.45) is 0 Å².